The summed E-state index contributed by atoms with van der Waals surface area (Å²) in [5.41, 5.74) is 1.28. The molecule has 0 saturated carbocycles. The van der Waals surface area contributed by atoms with Crippen LogP contribution in [0, 0.1) is 0 Å². The lowest BCUT2D eigenvalue weighted by atomic mass is 10.2. The van der Waals surface area contributed by atoms with Gasteiger partial charge in [0.15, 0.2) is 0 Å². The predicted molar refractivity (Wildman–Crippen MR) is 69.9 cm³/mol. The summed E-state index contributed by atoms with van der Waals surface area (Å²) in [7, 11) is 0. The molecule has 102 valence electrons. The molecule has 3 aromatic rings. The molecule has 0 bridgehead atoms. The fraction of sp³-hybridized carbons (Fsp3) is 0.250. The first-order valence-corrected chi connectivity index (χ1v) is 6.23. The Bertz CT molecular complexity index is 731. The first kappa shape index (κ1) is 12.3. The molecule has 20 heavy (non-hydrogen) atoms. The molecule has 0 aliphatic carbocycles. The van der Waals surface area contributed by atoms with Crippen LogP contribution in [0.1, 0.15) is 28.8 Å². The summed E-state index contributed by atoms with van der Waals surface area (Å²) in [5, 5.41) is 6.89. The quantitative estimate of drug-likeness (QED) is 0.712. The summed E-state index contributed by atoms with van der Waals surface area (Å²) in [6.07, 6.45) is 6.96. The number of aromatic nitrogens is 6. The van der Waals surface area contributed by atoms with Crippen LogP contribution in [-0.2, 0) is 13.0 Å². The number of imidazole rings is 1. The Labute approximate surface area is 114 Å². The second-order valence-corrected chi connectivity index (χ2v) is 4.16. The summed E-state index contributed by atoms with van der Waals surface area (Å²) in [6, 6.07) is 0. The van der Waals surface area contributed by atoms with Crippen molar-refractivity contribution in [3.63, 3.8) is 0 Å². The molecule has 1 amide bonds. The highest BCUT2D eigenvalue weighted by Crippen LogP contribution is 2.09. The molecule has 8 heteroatoms. The van der Waals surface area contributed by atoms with Crippen molar-refractivity contribution in [1.29, 1.82) is 0 Å². The molecule has 3 aromatic heterocycles. The first-order valence-electron chi connectivity index (χ1n) is 6.23. The van der Waals surface area contributed by atoms with Gasteiger partial charge in [0, 0.05) is 18.6 Å². The molecule has 3 rings (SSSR count). The molecule has 0 aromatic carbocycles. The molecule has 0 fully saturated rings. The van der Waals surface area contributed by atoms with Gasteiger partial charge in [-0.2, -0.15) is 10.1 Å². The maximum Gasteiger partial charge on any atom is 0.255 e. The van der Waals surface area contributed by atoms with Crippen molar-refractivity contribution < 1.29 is 4.79 Å². The highest BCUT2D eigenvalue weighted by Gasteiger charge is 2.15. The Morgan fingerprint density at radius 3 is 3.05 bits per heavy atom. The largest absolute Gasteiger partial charge is 0.347 e. The van der Waals surface area contributed by atoms with Gasteiger partial charge in [0.05, 0.1) is 17.8 Å². The van der Waals surface area contributed by atoms with Gasteiger partial charge < -0.3 is 10.3 Å². The van der Waals surface area contributed by atoms with Gasteiger partial charge in [-0.15, -0.1) is 0 Å². The van der Waals surface area contributed by atoms with Crippen LogP contribution in [0.3, 0.4) is 0 Å². The van der Waals surface area contributed by atoms with Crippen LogP contribution >= 0.6 is 0 Å². The topological polar surface area (TPSA) is 101 Å². The van der Waals surface area contributed by atoms with Crippen molar-refractivity contribution in [2.24, 2.45) is 0 Å². The Morgan fingerprint density at radius 2 is 2.30 bits per heavy atom. The number of H-pyrrole nitrogens is 1. The minimum atomic E-state index is -0.205. The molecule has 0 atom stereocenters. The number of hydrogen-bond acceptors (Lipinski definition) is 5. The number of carbonyl (C=O) groups excluding carboxylic acids is 1. The minimum absolute atomic E-state index is 0.205. The highest BCUT2D eigenvalue weighted by molar-refractivity contribution is 5.95. The normalized spacial score (nSPS) is 10.8. The monoisotopic (exact) mass is 271 g/mol. The van der Waals surface area contributed by atoms with E-state index in [1.165, 1.54) is 12.5 Å². The lowest BCUT2D eigenvalue weighted by Gasteiger charge is -2.08. The standard InChI is InChI=1S/C12H13N7O/c1-2-9-8(5-16-12-17-7-18-19(9)12)11(20)15-6-10-13-3-4-14-10/h3-5,7H,2,6H2,1H3,(H,13,14)(H,15,20). The van der Waals surface area contributed by atoms with Crippen molar-refractivity contribution in [1.82, 2.24) is 34.9 Å². The maximum absolute atomic E-state index is 12.2. The van der Waals surface area contributed by atoms with Crippen molar-refractivity contribution in [3.05, 3.63) is 42.0 Å². The second-order valence-electron chi connectivity index (χ2n) is 4.16. The molecular formula is C12H13N7O. The van der Waals surface area contributed by atoms with Crippen molar-refractivity contribution in [2.75, 3.05) is 0 Å². The summed E-state index contributed by atoms with van der Waals surface area (Å²) < 4.78 is 1.59. The number of fused-ring (bicyclic) bond motifs is 1. The van der Waals surface area contributed by atoms with Crippen molar-refractivity contribution in [2.45, 2.75) is 19.9 Å². The molecule has 0 radical (unpaired) electrons. The predicted octanol–water partition coefficient (Wildman–Crippen LogP) is 0.340. The number of nitrogens with zero attached hydrogens (tertiary/aromatic N) is 5. The zero-order chi connectivity index (χ0) is 13.9. The van der Waals surface area contributed by atoms with Gasteiger partial charge in [-0.25, -0.2) is 14.5 Å². The van der Waals surface area contributed by atoms with E-state index in [-0.39, 0.29) is 5.91 Å². The molecule has 0 unspecified atom stereocenters. The van der Waals surface area contributed by atoms with E-state index in [1.807, 2.05) is 6.92 Å². The molecule has 8 nitrogen and oxygen atoms in total. The first-order chi connectivity index (χ1) is 9.79. The number of aryl methyl sites for hydroxylation is 1. The number of aromatic amines is 1. The van der Waals surface area contributed by atoms with Gasteiger partial charge in [0.1, 0.15) is 12.2 Å². The molecule has 0 saturated heterocycles. The Balaban J connectivity index is 1.86. The fourth-order valence-electron chi connectivity index (χ4n) is 2.01. The van der Waals surface area contributed by atoms with E-state index in [9.17, 15) is 4.79 Å². The molecule has 3 heterocycles. The van der Waals surface area contributed by atoms with E-state index in [0.717, 1.165) is 5.69 Å². The van der Waals surface area contributed by atoms with Crippen LogP contribution in [0.5, 0.6) is 0 Å². The van der Waals surface area contributed by atoms with E-state index in [1.54, 1.807) is 16.9 Å². The number of nitrogens with one attached hydrogen (secondary N) is 2. The molecule has 2 N–H and O–H groups in total. The lowest BCUT2D eigenvalue weighted by molar-refractivity contribution is 0.0948. The smallest absolute Gasteiger partial charge is 0.255 e. The average molecular weight is 271 g/mol. The van der Waals surface area contributed by atoms with Crippen molar-refractivity contribution >= 4 is 11.7 Å². The summed E-state index contributed by atoms with van der Waals surface area (Å²) in [6.45, 7) is 2.30. The van der Waals surface area contributed by atoms with Crippen LogP contribution in [0.15, 0.2) is 24.9 Å². The van der Waals surface area contributed by atoms with Gasteiger partial charge in [0.25, 0.3) is 11.7 Å². The minimum Gasteiger partial charge on any atom is -0.347 e. The zero-order valence-electron chi connectivity index (χ0n) is 10.9. The van der Waals surface area contributed by atoms with E-state index in [0.29, 0.717) is 30.1 Å². The number of amides is 1. The maximum atomic E-state index is 12.2. The average Bonchev–Trinajstić information content (AvgIpc) is 3.14. The third-order valence-electron chi connectivity index (χ3n) is 2.96. The van der Waals surface area contributed by atoms with Crippen LogP contribution in [0.4, 0.5) is 0 Å². The zero-order valence-corrected chi connectivity index (χ0v) is 10.9. The van der Waals surface area contributed by atoms with Crippen LogP contribution in [-0.4, -0.2) is 35.5 Å². The van der Waals surface area contributed by atoms with E-state index >= 15 is 0 Å². The Kier molecular flexibility index (Phi) is 3.12. The fourth-order valence-corrected chi connectivity index (χ4v) is 2.01. The van der Waals surface area contributed by atoms with Crippen molar-refractivity contribution in [3.8, 4) is 0 Å². The van der Waals surface area contributed by atoms with E-state index in [4.69, 9.17) is 0 Å². The van der Waals surface area contributed by atoms with E-state index < -0.39 is 0 Å². The lowest BCUT2D eigenvalue weighted by Crippen LogP contribution is -2.25. The Morgan fingerprint density at radius 1 is 1.40 bits per heavy atom. The second kappa shape index (κ2) is 5.08. The van der Waals surface area contributed by atoms with Crippen LogP contribution in [0.25, 0.3) is 5.78 Å². The van der Waals surface area contributed by atoms with Gasteiger partial charge in [-0.3, -0.25) is 4.79 Å². The molecule has 0 aliphatic rings. The van der Waals surface area contributed by atoms with Gasteiger partial charge >= 0.3 is 0 Å². The molecule has 0 spiro atoms. The van der Waals surface area contributed by atoms with Gasteiger partial charge in [-0.1, -0.05) is 6.92 Å². The third kappa shape index (κ3) is 2.11. The SMILES string of the molecule is CCc1c(C(=O)NCc2ncc[nH]2)cnc2ncnn12. The summed E-state index contributed by atoms with van der Waals surface area (Å²) in [5.74, 6) is 0.985. The molecule has 0 aliphatic heterocycles. The number of rotatable bonds is 4. The third-order valence-corrected chi connectivity index (χ3v) is 2.96. The number of carbonyl (C=O) groups is 1. The Hall–Kier alpha value is -2.77. The van der Waals surface area contributed by atoms with Crippen LogP contribution in [0.2, 0.25) is 0 Å². The van der Waals surface area contributed by atoms with Gasteiger partial charge in [-0.05, 0) is 6.42 Å². The summed E-state index contributed by atoms with van der Waals surface area (Å²) in [4.78, 5) is 27.3. The summed E-state index contributed by atoms with van der Waals surface area (Å²) >= 11 is 0. The highest BCUT2D eigenvalue weighted by atomic mass is 16.1. The van der Waals surface area contributed by atoms with Crippen LogP contribution < -0.4 is 5.32 Å². The van der Waals surface area contributed by atoms with E-state index in [2.05, 4.69) is 30.4 Å². The molecular weight excluding hydrogens is 258 g/mol. The van der Waals surface area contributed by atoms with Gasteiger partial charge in [0.2, 0.25) is 0 Å². The number of hydrogen-bond donors (Lipinski definition) is 2.